The van der Waals surface area contributed by atoms with Crippen molar-refractivity contribution in [2.45, 2.75) is 38.9 Å². The summed E-state index contributed by atoms with van der Waals surface area (Å²) in [6.07, 6.45) is -0.837. The molecule has 1 aliphatic rings. The lowest BCUT2D eigenvalue weighted by Gasteiger charge is -2.30. The Hall–Kier alpha value is -0.890. The van der Waals surface area contributed by atoms with Crippen LogP contribution in [0.25, 0.3) is 0 Å². The van der Waals surface area contributed by atoms with E-state index in [-0.39, 0.29) is 5.41 Å². The zero-order valence-corrected chi connectivity index (χ0v) is 10.5. The Balaban J connectivity index is 2.42. The fourth-order valence-corrected chi connectivity index (χ4v) is 2.22. The first-order chi connectivity index (χ1) is 7.38. The lowest BCUT2D eigenvalue weighted by Crippen LogP contribution is -2.29. The van der Waals surface area contributed by atoms with Gasteiger partial charge in [-0.3, -0.25) is 4.90 Å². The number of hydrogen-bond donors (Lipinski definition) is 0. The average Bonchev–Trinajstić information content (AvgIpc) is 2.15. The highest BCUT2D eigenvalue weighted by Crippen LogP contribution is 2.32. The number of halogens is 1. The number of alkyl halides is 1. The van der Waals surface area contributed by atoms with E-state index in [1.54, 1.807) is 0 Å². The smallest absolute Gasteiger partial charge is 0.138 e. The van der Waals surface area contributed by atoms with Gasteiger partial charge in [0.1, 0.15) is 6.17 Å². The van der Waals surface area contributed by atoms with Crippen LogP contribution in [0, 0.1) is 0 Å². The van der Waals surface area contributed by atoms with Crippen LogP contribution in [0.15, 0.2) is 18.2 Å². The number of nitrogens with zero attached hydrogens (tertiary/aromatic N) is 1. The molecule has 2 heteroatoms. The molecule has 0 fully saturated rings. The Morgan fingerprint density at radius 3 is 2.62 bits per heavy atom. The van der Waals surface area contributed by atoms with Crippen molar-refractivity contribution in [3.63, 3.8) is 0 Å². The first-order valence-corrected chi connectivity index (χ1v) is 5.84. The van der Waals surface area contributed by atoms with E-state index in [9.17, 15) is 4.39 Å². The first-order valence-electron chi connectivity index (χ1n) is 5.84. The Bertz CT molecular complexity index is 392. The summed E-state index contributed by atoms with van der Waals surface area (Å²) in [5.74, 6) is 0. The Kier molecular flexibility index (Phi) is 2.79. The Labute approximate surface area is 97.3 Å². The van der Waals surface area contributed by atoms with Crippen LogP contribution >= 0.6 is 0 Å². The van der Waals surface area contributed by atoms with Crippen LogP contribution in [-0.4, -0.2) is 18.5 Å². The van der Waals surface area contributed by atoms with Gasteiger partial charge in [-0.05, 0) is 29.2 Å². The lowest BCUT2D eigenvalue weighted by atomic mass is 9.84. The summed E-state index contributed by atoms with van der Waals surface area (Å²) in [5.41, 5.74) is 3.34. The second kappa shape index (κ2) is 3.85. The molecule has 1 aromatic rings. The summed E-state index contributed by atoms with van der Waals surface area (Å²) >= 11 is 0. The molecule has 1 aliphatic heterocycles. The van der Waals surface area contributed by atoms with E-state index in [1.165, 1.54) is 5.56 Å². The van der Waals surface area contributed by atoms with Gasteiger partial charge >= 0.3 is 0 Å². The van der Waals surface area contributed by atoms with Gasteiger partial charge in [0.25, 0.3) is 0 Å². The van der Waals surface area contributed by atoms with Crippen LogP contribution in [0.5, 0.6) is 0 Å². The normalized spacial score (nSPS) is 21.9. The molecular weight excluding hydrogens is 201 g/mol. The molecule has 0 saturated carbocycles. The molecule has 0 aromatic heterocycles. The van der Waals surface area contributed by atoms with Gasteiger partial charge in [-0.1, -0.05) is 39.0 Å². The number of likely N-dealkylation sites (N-methyl/N-ethyl adjacent to an activating group) is 1. The van der Waals surface area contributed by atoms with Gasteiger partial charge in [-0.2, -0.15) is 0 Å². The Morgan fingerprint density at radius 2 is 2.00 bits per heavy atom. The van der Waals surface area contributed by atoms with Crippen LogP contribution in [-0.2, 0) is 12.0 Å². The van der Waals surface area contributed by atoms with Crippen LogP contribution in [0.2, 0.25) is 0 Å². The van der Waals surface area contributed by atoms with E-state index >= 15 is 0 Å². The number of rotatable bonds is 0. The van der Waals surface area contributed by atoms with E-state index in [2.05, 4.69) is 32.9 Å². The maximum atomic E-state index is 14.0. The van der Waals surface area contributed by atoms with Crippen molar-refractivity contribution in [1.29, 1.82) is 0 Å². The number of fused-ring (bicyclic) bond motifs is 1. The minimum Gasteiger partial charge on any atom is -0.299 e. The van der Waals surface area contributed by atoms with Gasteiger partial charge in [-0.15, -0.1) is 0 Å². The fourth-order valence-electron chi connectivity index (χ4n) is 2.22. The molecule has 0 N–H and O–H groups in total. The number of benzene rings is 1. The van der Waals surface area contributed by atoms with Gasteiger partial charge in [-0.25, -0.2) is 4.39 Å². The molecule has 1 atom stereocenters. The van der Waals surface area contributed by atoms with Gasteiger partial charge in [0.2, 0.25) is 0 Å². The maximum Gasteiger partial charge on any atom is 0.138 e. The van der Waals surface area contributed by atoms with Gasteiger partial charge in [0.05, 0.1) is 0 Å². The standard InChI is InChI=1S/C14H20FN/c1-14(2,3)11-6-5-10-8-16(4)9-13(15)12(10)7-11/h5-7,13H,8-9H2,1-4H3. The zero-order valence-electron chi connectivity index (χ0n) is 10.5. The highest BCUT2D eigenvalue weighted by atomic mass is 19.1. The topological polar surface area (TPSA) is 3.24 Å². The second-order valence-corrected chi connectivity index (χ2v) is 5.83. The third-order valence-corrected chi connectivity index (χ3v) is 3.26. The SMILES string of the molecule is CN1Cc2ccc(C(C)(C)C)cc2C(F)C1. The molecule has 0 amide bonds. The summed E-state index contributed by atoms with van der Waals surface area (Å²) in [7, 11) is 1.97. The van der Waals surface area contributed by atoms with Crippen molar-refractivity contribution in [1.82, 2.24) is 4.90 Å². The molecule has 2 rings (SSSR count). The van der Waals surface area contributed by atoms with Crippen molar-refractivity contribution < 1.29 is 4.39 Å². The fraction of sp³-hybridized carbons (Fsp3) is 0.571. The second-order valence-electron chi connectivity index (χ2n) is 5.83. The van der Waals surface area contributed by atoms with E-state index in [0.29, 0.717) is 6.54 Å². The minimum atomic E-state index is -0.837. The van der Waals surface area contributed by atoms with Crippen LogP contribution in [0.1, 0.15) is 43.6 Å². The highest BCUT2D eigenvalue weighted by molar-refractivity contribution is 5.38. The molecule has 1 unspecified atom stereocenters. The van der Waals surface area contributed by atoms with Crippen LogP contribution < -0.4 is 0 Å². The van der Waals surface area contributed by atoms with Gasteiger partial charge in [0.15, 0.2) is 0 Å². The minimum absolute atomic E-state index is 0.0953. The maximum absolute atomic E-state index is 14.0. The van der Waals surface area contributed by atoms with E-state index < -0.39 is 6.17 Å². The molecule has 0 aliphatic carbocycles. The zero-order chi connectivity index (χ0) is 11.9. The van der Waals surface area contributed by atoms with Crippen LogP contribution in [0.3, 0.4) is 0 Å². The summed E-state index contributed by atoms with van der Waals surface area (Å²) < 4.78 is 14.0. The third kappa shape index (κ3) is 2.12. The molecule has 1 heterocycles. The van der Waals surface area contributed by atoms with Crippen LogP contribution in [0.4, 0.5) is 4.39 Å². The molecule has 1 nitrogen and oxygen atoms in total. The largest absolute Gasteiger partial charge is 0.299 e. The molecule has 0 radical (unpaired) electrons. The first kappa shape index (κ1) is 11.6. The van der Waals surface area contributed by atoms with E-state index in [4.69, 9.17) is 0 Å². The van der Waals surface area contributed by atoms with Crippen molar-refractivity contribution in [2.24, 2.45) is 0 Å². The van der Waals surface area contributed by atoms with Crippen molar-refractivity contribution in [2.75, 3.05) is 13.6 Å². The molecular formula is C14H20FN. The molecule has 0 spiro atoms. The lowest BCUT2D eigenvalue weighted by molar-refractivity contribution is 0.195. The predicted molar refractivity (Wildman–Crippen MR) is 65.3 cm³/mol. The number of hydrogen-bond acceptors (Lipinski definition) is 1. The monoisotopic (exact) mass is 221 g/mol. The van der Waals surface area contributed by atoms with E-state index in [1.807, 2.05) is 18.0 Å². The van der Waals surface area contributed by atoms with Crippen molar-refractivity contribution in [3.05, 3.63) is 34.9 Å². The molecule has 88 valence electrons. The molecule has 0 saturated heterocycles. The van der Waals surface area contributed by atoms with Crippen molar-refractivity contribution >= 4 is 0 Å². The Morgan fingerprint density at radius 1 is 1.31 bits per heavy atom. The van der Waals surface area contributed by atoms with Gasteiger partial charge < -0.3 is 0 Å². The summed E-state index contributed by atoms with van der Waals surface area (Å²) in [4.78, 5) is 2.03. The predicted octanol–water partition coefficient (Wildman–Crippen LogP) is 3.44. The van der Waals surface area contributed by atoms with Crippen molar-refractivity contribution in [3.8, 4) is 0 Å². The van der Waals surface area contributed by atoms with Gasteiger partial charge in [0, 0.05) is 13.1 Å². The van der Waals surface area contributed by atoms with E-state index in [0.717, 1.165) is 17.7 Å². The third-order valence-electron chi connectivity index (χ3n) is 3.26. The summed E-state index contributed by atoms with van der Waals surface area (Å²) in [6.45, 7) is 7.87. The summed E-state index contributed by atoms with van der Waals surface area (Å²) in [6, 6.07) is 6.26. The molecule has 1 aromatic carbocycles. The summed E-state index contributed by atoms with van der Waals surface area (Å²) in [5, 5.41) is 0. The quantitative estimate of drug-likeness (QED) is 0.648. The highest BCUT2D eigenvalue weighted by Gasteiger charge is 2.24. The molecule has 0 bridgehead atoms. The average molecular weight is 221 g/mol. The molecule has 16 heavy (non-hydrogen) atoms.